The fourth-order valence-electron chi connectivity index (χ4n) is 3.25. The van der Waals surface area contributed by atoms with Crippen molar-refractivity contribution in [3.63, 3.8) is 0 Å². The molecule has 1 N–H and O–H groups in total. The summed E-state index contributed by atoms with van der Waals surface area (Å²) >= 11 is 1.88. The van der Waals surface area contributed by atoms with Crippen molar-refractivity contribution in [2.45, 2.75) is 31.7 Å². The van der Waals surface area contributed by atoms with Crippen LogP contribution >= 0.6 is 11.3 Å². The van der Waals surface area contributed by atoms with Crippen LogP contribution in [0.5, 0.6) is 0 Å². The number of benzene rings is 1. The van der Waals surface area contributed by atoms with Gasteiger partial charge in [-0.05, 0) is 61.2 Å². The van der Waals surface area contributed by atoms with Crippen LogP contribution < -0.4 is 5.32 Å². The maximum Gasteiger partial charge on any atom is 0.0102 e. The summed E-state index contributed by atoms with van der Waals surface area (Å²) < 4.78 is 0. The molecule has 0 bridgehead atoms. The van der Waals surface area contributed by atoms with Crippen LogP contribution in [0.15, 0.2) is 41.8 Å². The van der Waals surface area contributed by atoms with Crippen LogP contribution in [0.3, 0.4) is 0 Å². The summed E-state index contributed by atoms with van der Waals surface area (Å²) in [6.45, 7) is 0. The molecule has 1 unspecified atom stereocenters. The highest BCUT2D eigenvalue weighted by Crippen LogP contribution is 2.30. The molecular formula is C17H21NS. The Bertz CT molecular complexity index is 493. The molecule has 2 heteroatoms. The monoisotopic (exact) mass is 271 g/mol. The molecule has 0 spiro atoms. The summed E-state index contributed by atoms with van der Waals surface area (Å²) in [7, 11) is 2.11. The fourth-order valence-corrected chi connectivity index (χ4v) is 3.97. The van der Waals surface area contributed by atoms with Gasteiger partial charge >= 0.3 is 0 Å². The highest BCUT2D eigenvalue weighted by molar-refractivity contribution is 7.09. The lowest BCUT2D eigenvalue weighted by molar-refractivity contribution is 0.366. The van der Waals surface area contributed by atoms with E-state index in [-0.39, 0.29) is 0 Å². The molecule has 1 heterocycles. The van der Waals surface area contributed by atoms with Gasteiger partial charge in [0.2, 0.25) is 0 Å². The Balaban J connectivity index is 1.61. The SMILES string of the molecule is CNC(CCc1cccs1)C1Cc2ccccc2C1. The topological polar surface area (TPSA) is 12.0 Å². The second kappa shape index (κ2) is 5.89. The van der Waals surface area contributed by atoms with Crippen LogP contribution in [0.4, 0.5) is 0 Å². The van der Waals surface area contributed by atoms with Gasteiger partial charge in [-0.1, -0.05) is 30.3 Å². The second-order valence-electron chi connectivity index (χ2n) is 5.45. The number of hydrogen-bond donors (Lipinski definition) is 1. The average molecular weight is 271 g/mol. The van der Waals surface area contributed by atoms with Gasteiger partial charge in [0.05, 0.1) is 0 Å². The van der Waals surface area contributed by atoms with E-state index in [0.717, 1.165) is 5.92 Å². The Morgan fingerprint density at radius 3 is 2.47 bits per heavy atom. The normalized spacial score (nSPS) is 16.5. The van der Waals surface area contributed by atoms with Crippen molar-refractivity contribution in [2.24, 2.45) is 5.92 Å². The molecule has 0 saturated heterocycles. The molecule has 1 atom stereocenters. The van der Waals surface area contributed by atoms with E-state index in [1.165, 1.54) is 30.6 Å². The molecular weight excluding hydrogens is 250 g/mol. The molecule has 0 aliphatic heterocycles. The van der Waals surface area contributed by atoms with Gasteiger partial charge in [0.25, 0.3) is 0 Å². The Kier molecular flexibility index (Phi) is 4.00. The van der Waals surface area contributed by atoms with Crippen LogP contribution in [0.1, 0.15) is 22.4 Å². The second-order valence-corrected chi connectivity index (χ2v) is 6.48. The lowest BCUT2D eigenvalue weighted by Gasteiger charge is -2.22. The van der Waals surface area contributed by atoms with Gasteiger partial charge < -0.3 is 5.32 Å². The molecule has 2 aromatic rings. The van der Waals surface area contributed by atoms with Crippen LogP contribution in [0, 0.1) is 5.92 Å². The van der Waals surface area contributed by atoms with Gasteiger partial charge in [-0.2, -0.15) is 0 Å². The molecule has 1 nitrogen and oxygen atoms in total. The van der Waals surface area contributed by atoms with E-state index in [2.05, 4.69) is 54.1 Å². The quantitative estimate of drug-likeness (QED) is 0.874. The third kappa shape index (κ3) is 2.90. The number of thiophene rings is 1. The molecule has 0 fully saturated rings. The van der Waals surface area contributed by atoms with Gasteiger partial charge in [0.1, 0.15) is 0 Å². The third-order valence-corrected chi connectivity index (χ3v) is 5.24. The van der Waals surface area contributed by atoms with E-state index in [4.69, 9.17) is 0 Å². The standard InChI is InChI=1S/C17H21NS/c1-18-17(9-8-16-7-4-10-19-16)15-11-13-5-2-3-6-14(13)12-15/h2-7,10,15,17-18H,8-9,11-12H2,1H3. The van der Waals surface area contributed by atoms with Gasteiger partial charge in [-0.15, -0.1) is 11.3 Å². The van der Waals surface area contributed by atoms with E-state index in [1.54, 1.807) is 11.1 Å². The van der Waals surface area contributed by atoms with Crippen molar-refractivity contribution in [3.05, 3.63) is 57.8 Å². The number of nitrogens with one attached hydrogen (secondary N) is 1. The Morgan fingerprint density at radius 1 is 1.16 bits per heavy atom. The predicted molar refractivity (Wildman–Crippen MR) is 82.8 cm³/mol. The lowest BCUT2D eigenvalue weighted by atomic mass is 9.93. The van der Waals surface area contributed by atoms with Crippen LogP contribution in [-0.4, -0.2) is 13.1 Å². The fraction of sp³-hybridized carbons (Fsp3) is 0.412. The molecule has 1 aromatic carbocycles. The first-order valence-corrected chi connectivity index (χ1v) is 8.01. The minimum Gasteiger partial charge on any atom is -0.317 e. The van der Waals surface area contributed by atoms with E-state index in [0.29, 0.717) is 6.04 Å². The van der Waals surface area contributed by atoms with Crippen LogP contribution in [0.25, 0.3) is 0 Å². The summed E-state index contributed by atoms with van der Waals surface area (Å²) in [5.74, 6) is 0.766. The minimum atomic E-state index is 0.634. The zero-order chi connectivity index (χ0) is 13.1. The zero-order valence-electron chi connectivity index (χ0n) is 11.4. The molecule has 1 aliphatic carbocycles. The number of hydrogen-bond acceptors (Lipinski definition) is 2. The molecule has 1 aromatic heterocycles. The van der Waals surface area contributed by atoms with Crippen molar-refractivity contribution in [2.75, 3.05) is 7.05 Å². The third-order valence-electron chi connectivity index (χ3n) is 4.30. The largest absolute Gasteiger partial charge is 0.317 e. The van der Waals surface area contributed by atoms with E-state index < -0.39 is 0 Å². The molecule has 100 valence electrons. The van der Waals surface area contributed by atoms with Crippen molar-refractivity contribution < 1.29 is 0 Å². The summed E-state index contributed by atoms with van der Waals surface area (Å²) in [5, 5.41) is 5.72. The number of rotatable bonds is 5. The molecule has 0 saturated carbocycles. The zero-order valence-corrected chi connectivity index (χ0v) is 12.2. The summed E-state index contributed by atoms with van der Waals surface area (Å²) in [5.41, 5.74) is 3.12. The van der Waals surface area contributed by atoms with Crippen molar-refractivity contribution in [1.29, 1.82) is 0 Å². The van der Waals surface area contributed by atoms with Gasteiger partial charge in [-0.3, -0.25) is 0 Å². The Hall–Kier alpha value is -1.12. The summed E-state index contributed by atoms with van der Waals surface area (Å²) in [6, 6.07) is 14.0. The minimum absolute atomic E-state index is 0.634. The Morgan fingerprint density at radius 2 is 1.89 bits per heavy atom. The van der Waals surface area contributed by atoms with Gasteiger partial charge in [-0.25, -0.2) is 0 Å². The van der Waals surface area contributed by atoms with E-state index >= 15 is 0 Å². The van der Waals surface area contributed by atoms with Crippen molar-refractivity contribution >= 4 is 11.3 Å². The summed E-state index contributed by atoms with van der Waals surface area (Å²) in [6.07, 6.45) is 4.93. The van der Waals surface area contributed by atoms with Crippen LogP contribution in [0.2, 0.25) is 0 Å². The molecule has 19 heavy (non-hydrogen) atoms. The first-order chi connectivity index (χ1) is 9.36. The van der Waals surface area contributed by atoms with Crippen molar-refractivity contribution in [1.82, 2.24) is 5.32 Å². The van der Waals surface area contributed by atoms with Gasteiger partial charge in [0, 0.05) is 10.9 Å². The first kappa shape index (κ1) is 12.9. The van der Waals surface area contributed by atoms with E-state index in [9.17, 15) is 0 Å². The summed E-state index contributed by atoms with van der Waals surface area (Å²) in [4.78, 5) is 1.51. The molecule has 3 rings (SSSR count). The first-order valence-electron chi connectivity index (χ1n) is 7.13. The van der Waals surface area contributed by atoms with Crippen LogP contribution in [-0.2, 0) is 19.3 Å². The maximum absolute atomic E-state index is 3.55. The molecule has 0 amide bonds. The van der Waals surface area contributed by atoms with E-state index in [1.807, 2.05) is 11.3 Å². The average Bonchev–Trinajstić information content (AvgIpc) is 3.08. The van der Waals surface area contributed by atoms with Crippen molar-refractivity contribution in [3.8, 4) is 0 Å². The molecule has 1 aliphatic rings. The highest BCUT2D eigenvalue weighted by Gasteiger charge is 2.27. The lowest BCUT2D eigenvalue weighted by Crippen LogP contribution is -2.34. The number of fused-ring (bicyclic) bond motifs is 1. The highest BCUT2D eigenvalue weighted by atomic mass is 32.1. The maximum atomic E-state index is 3.55. The molecule has 0 radical (unpaired) electrons. The van der Waals surface area contributed by atoms with Gasteiger partial charge in [0.15, 0.2) is 0 Å². The Labute approximate surface area is 119 Å². The predicted octanol–water partition coefficient (Wildman–Crippen LogP) is 3.68. The number of aryl methyl sites for hydroxylation is 1. The smallest absolute Gasteiger partial charge is 0.0102 e.